The number of ether oxygens (including phenoxy) is 1. The van der Waals surface area contributed by atoms with Crippen LogP contribution in [0.2, 0.25) is 10.0 Å². The maximum Gasteiger partial charge on any atom is 0.140 e. The summed E-state index contributed by atoms with van der Waals surface area (Å²) in [4.78, 5) is 4.43. The summed E-state index contributed by atoms with van der Waals surface area (Å²) in [5, 5.41) is 1.23. The minimum absolute atomic E-state index is 0.617. The number of aryl methyl sites for hydroxylation is 1. The molecule has 0 radical (unpaired) electrons. The average Bonchev–Trinajstić information content (AvgIpc) is 2.35. The average molecular weight is 294 g/mol. The third-order valence-corrected chi connectivity index (χ3v) is 3.05. The molecule has 1 heterocycles. The molecule has 2 nitrogen and oxygen atoms in total. The molecular weight excluding hydrogens is 281 g/mol. The number of pyridine rings is 1. The van der Waals surface area contributed by atoms with Crippen LogP contribution in [0.1, 0.15) is 17.0 Å². The van der Waals surface area contributed by atoms with E-state index < -0.39 is 0 Å². The van der Waals surface area contributed by atoms with Gasteiger partial charge in [0, 0.05) is 10.0 Å². The van der Waals surface area contributed by atoms with Gasteiger partial charge in [-0.1, -0.05) is 29.3 Å². The van der Waals surface area contributed by atoms with Gasteiger partial charge in [-0.3, -0.25) is 0 Å². The van der Waals surface area contributed by atoms with E-state index in [1.165, 1.54) is 0 Å². The van der Waals surface area contributed by atoms with Crippen LogP contribution < -0.4 is 4.74 Å². The molecule has 0 amide bonds. The van der Waals surface area contributed by atoms with Crippen molar-refractivity contribution < 1.29 is 4.74 Å². The summed E-state index contributed by atoms with van der Waals surface area (Å²) in [5.74, 6) is 0.781. The Bertz CT molecular complexity index is 603. The van der Waals surface area contributed by atoms with Gasteiger partial charge in [0.1, 0.15) is 5.75 Å². The van der Waals surface area contributed by atoms with Crippen LogP contribution in [-0.2, 0) is 0 Å². The van der Waals surface area contributed by atoms with E-state index in [1.54, 1.807) is 13.2 Å². The third-order valence-electron chi connectivity index (χ3n) is 2.61. The molecule has 0 spiro atoms. The Kier molecular flexibility index (Phi) is 4.46. The molecule has 19 heavy (non-hydrogen) atoms. The van der Waals surface area contributed by atoms with E-state index in [1.807, 2.05) is 43.3 Å². The molecule has 0 saturated heterocycles. The first-order valence-electron chi connectivity index (χ1n) is 5.74. The Balaban J connectivity index is 2.24. The fraction of sp³-hybridized carbons (Fsp3) is 0.133. The third kappa shape index (κ3) is 3.72. The Morgan fingerprint density at radius 3 is 2.32 bits per heavy atom. The number of hydrogen-bond donors (Lipinski definition) is 0. The summed E-state index contributed by atoms with van der Waals surface area (Å²) >= 11 is 11.9. The summed E-state index contributed by atoms with van der Waals surface area (Å²) in [5.41, 5.74) is 2.65. The first kappa shape index (κ1) is 13.9. The van der Waals surface area contributed by atoms with Crippen molar-refractivity contribution in [2.24, 2.45) is 0 Å². The summed E-state index contributed by atoms with van der Waals surface area (Å²) in [6.45, 7) is 1.91. The summed E-state index contributed by atoms with van der Waals surface area (Å²) in [6.07, 6.45) is 3.83. The van der Waals surface area contributed by atoms with Crippen LogP contribution in [0.5, 0.6) is 5.75 Å². The minimum atomic E-state index is 0.617. The zero-order valence-corrected chi connectivity index (χ0v) is 12.2. The molecule has 0 saturated carbocycles. The number of hydrogen-bond acceptors (Lipinski definition) is 2. The van der Waals surface area contributed by atoms with Crippen LogP contribution in [-0.4, -0.2) is 12.1 Å². The normalized spacial score (nSPS) is 10.9. The van der Waals surface area contributed by atoms with Gasteiger partial charge in [0.15, 0.2) is 0 Å². The highest BCUT2D eigenvalue weighted by Crippen LogP contribution is 2.21. The van der Waals surface area contributed by atoms with Gasteiger partial charge < -0.3 is 4.74 Å². The highest BCUT2D eigenvalue weighted by molar-refractivity contribution is 6.34. The van der Waals surface area contributed by atoms with Gasteiger partial charge in [0.25, 0.3) is 0 Å². The van der Waals surface area contributed by atoms with Crippen molar-refractivity contribution in [1.29, 1.82) is 0 Å². The second kappa shape index (κ2) is 6.09. The van der Waals surface area contributed by atoms with Crippen LogP contribution in [0.25, 0.3) is 12.2 Å². The summed E-state index contributed by atoms with van der Waals surface area (Å²) < 4.78 is 5.17. The van der Waals surface area contributed by atoms with Gasteiger partial charge in [-0.05, 0) is 48.9 Å². The minimum Gasteiger partial charge on any atom is -0.495 e. The van der Waals surface area contributed by atoms with Gasteiger partial charge in [-0.15, -0.1) is 0 Å². The first-order chi connectivity index (χ1) is 9.08. The van der Waals surface area contributed by atoms with Crippen molar-refractivity contribution in [3.8, 4) is 5.75 Å². The lowest BCUT2D eigenvalue weighted by molar-refractivity contribution is 0.409. The molecule has 1 aromatic carbocycles. The monoisotopic (exact) mass is 293 g/mol. The Morgan fingerprint density at radius 2 is 1.74 bits per heavy atom. The van der Waals surface area contributed by atoms with E-state index in [9.17, 15) is 0 Å². The highest BCUT2D eigenvalue weighted by atomic mass is 35.5. The van der Waals surface area contributed by atoms with Gasteiger partial charge in [0.05, 0.1) is 18.5 Å². The smallest absolute Gasteiger partial charge is 0.140 e. The molecule has 4 heteroatoms. The largest absolute Gasteiger partial charge is 0.495 e. The predicted molar refractivity (Wildman–Crippen MR) is 80.9 cm³/mol. The molecule has 0 fully saturated rings. The lowest BCUT2D eigenvalue weighted by Crippen LogP contribution is -1.91. The molecule has 0 aliphatic carbocycles. The van der Waals surface area contributed by atoms with Crippen molar-refractivity contribution in [2.75, 3.05) is 7.11 Å². The zero-order valence-electron chi connectivity index (χ0n) is 10.7. The molecule has 0 atom stereocenters. The fourth-order valence-corrected chi connectivity index (χ4v) is 2.27. The molecule has 0 aliphatic heterocycles. The fourth-order valence-electron chi connectivity index (χ4n) is 1.73. The van der Waals surface area contributed by atoms with E-state index >= 15 is 0 Å². The molecule has 0 N–H and O–H groups in total. The highest BCUT2D eigenvalue weighted by Gasteiger charge is 1.99. The van der Waals surface area contributed by atoms with Gasteiger partial charge in [-0.25, -0.2) is 4.98 Å². The summed E-state index contributed by atoms with van der Waals surface area (Å²) in [7, 11) is 1.63. The van der Waals surface area contributed by atoms with Gasteiger partial charge >= 0.3 is 0 Å². The van der Waals surface area contributed by atoms with E-state index in [4.69, 9.17) is 27.9 Å². The Labute approximate surface area is 122 Å². The van der Waals surface area contributed by atoms with Gasteiger partial charge in [-0.2, -0.15) is 0 Å². The van der Waals surface area contributed by atoms with E-state index in [0.717, 1.165) is 22.7 Å². The van der Waals surface area contributed by atoms with Crippen LogP contribution in [0.15, 0.2) is 30.3 Å². The summed E-state index contributed by atoms with van der Waals surface area (Å²) in [6, 6.07) is 9.19. The van der Waals surface area contributed by atoms with Crippen LogP contribution in [0.4, 0.5) is 0 Å². The Hall–Kier alpha value is -1.51. The number of benzene rings is 1. The number of halogens is 2. The maximum absolute atomic E-state index is 5.95. The molecular formula is C15H13Cl2NO. The van der Waals surface area contributed by atoms with Crippen molar-refractivity contribution in [1.82, 2.24) is 4.98 Å². The van der Waals surface area contributed by atoms with Crippen LogP contribution >= 0.6 is 23.2 Å². The lowest BCUT2D eigenvalue weighted by Gasteiger charge is -2.03. The van der Waals surface area contributed by atoms with Crippen LogP contribution in [0.3, 0.4) is 0 Å². The first-order valence-corrected chi connectivity index (χ1v) is 6.50. The molecule has 0 aliphatic rings. The van der Waals surface area contributed by atoms with Gasteiger partial charge in [0.2, 0.25) is 0 Å². The van der Waals surface area contributed by atoms with Crippen molar-refractivity contribution in [3.05, 3.63) is 57.3 Å². The molecule has 0 bridgehead atoms. The SMILES string of the molecule is COc1ccc(/C=C/c2cc(Cl)cc(Cl)c2)nc1C. The second-order valence-corrected chi connectivity index (χ2v) is 4.93. The maximum atomic E-state index is 5.95. The molecule has 2 rings (SSSR count). The van der Waals surface area contributed by atoms with E-state index in [-0.39, 0.29) is 0 Å². The quantitative estimate of drug-likeness (QED) is 0.805. The lowest BCUT2D eigenvalue weighted by atomic mass is 10.2. The van der Waals surface area contributed by atoms with E-state index in [2.05, 4.69) is 4.98 Å². The Morgan fingerprint density at radius 1 is 1.05 bits per heavy atom. The molecule has 98 valence electrons. The standard InChI is InChI=1S/C15H13Cl2NO/c1-10-15(19-2)6-5-14(18-10)4-3-11-7-12(16)9-13(17)8-11/h3-9H,1-2H3/b4-3+. The molecule has 1 aromatic heterocycles. The number of rotatable bonds is 3. The zero-order chi connectivity index (χ0) is 13.8. The van der Waals surface area contributed by atoms with Crippen molar-refractivity contribution in [3.63, 3.8) is 0 Å². The topological polar surface area (TPSA) is 22.1 Å². The van der Waals surface area contributed by atoms with E-state index in [0.29, 0.717) is 10.0 Å². The predicted octanol–water partition coefficient (Wildman–Crippen LogP) is 4.88. The number of nitrogens with zero attached hydrogens (tertiary/aromatic N) is 1. The molecule has 2 aromatic rings. The second-order valence-electron chi connectivity index (χ2n) is 4.06. The van der Waals surface area contributed by atoms with Crippen molar-refractivity contribution in [2.45, 2.75) is 6.92 Å². The van der Waals surface area contributed by atoms with Crippen molar-refractivity contribution >= 4 is 35.4 Å². The van der Waals surface area contributed by atoms with Crippen LogP contribution in [0, 0.1) is 6.92 Å². The number of aromatic nitrogens is 1. The number of methoxy groups -OCH3 is 1. The molecule has 0 unspecified atom stereocenters.